The number of phosphoric acid groups is 1. The number of nitrogens with zero attached hydrogens (tertiary/aromatic N) is 2. The molecule has 0 fully saturated rings. The molecule has 0 unspecified atom stereocenters. The fourth-order valence-corrected chi connectivity index (χ4v) is 1.50. The van der Waals surface area contributed by atoms with Gasteiger partial charge in [-0.1, -0.05) is 0 Å². The summed E-state index contributed by atoms with van der Waals surface area (Å²) in [4.78, 5) is 24.8. The molecular weight excluding hydrogens is 247 g/mol. The number of aliphatic imine (C=N–C) groups is 1. The summed E-state index contributed by atoms with van der Waals surface area (Å²) in [6.07, 6.45) is 2.75. The standard InChI is InChI=1S/C9H13N2O5P/c1-6-9(12)8(4-10-2)7(3-11-6)5-16-17(13,14)15/h3-4,12H,5H2,1-2H3,(H2,13,14,15). The van der Waals surface area contributed by atoms with Gasteiger partial charge in [0, 0.05) is 30.6 Å². The van der Waals surface area contributed by atoms with Gasteiger partial charge >= 0.3 is 7.82 Å². The largest absolute Gasteiger partial charge is 0.505 e. The van der Waals surface area contributed by atoms with E-state index in [1.165, 1.54) is 19.5 Å². The van der Waals surface area contributed by atoms with E-state index in [4.69, 9.17) is 9.79 Å². The third kappa shape index (κ3) is 3.90. The van der Waals surface area contributed by atoms with Gasteiger partial charge in [-0.2, -0.15) is 0 Å². The Morgan fingerprint density at radius 1 is 1.59 bits per heavy atom. The lowest BCUT2D eigenvalue weighted by molar-refractivity contribution is 0.188. The number of rotatable bonds is 4. The minimum Gasteiger partial charge on any atom is -0.505 e. The maximum absolute atomic E-state index is 10.6. The van der Waals surface area contributed by atoms with E-state index >= 15 is 0 Å². The van der Waals surface area contributed by atoms with Crippen LogP contribution in [0.15, 0.2) is 11.2 Å². The Hall–Kier alpha value is -1.27. The smallest absolute Gasteiger partial charge is 0.469 e. The van der Waals surface area contributed by atoms with Crippen LogP contribution < -0.4 is 0 Å². The zero-order valence-corrected chi connectivity index (χ0v) is 10.3. The molecule has 0 aliphatic rings. The fourth-order valence-electron chi connectivity index (χ4n) is 1.19. The van der Waals surface area contributed by atoms with Crippen LogP contribution in [-0.2, 0) is 15.7 Å². The van der Waals surface area contributed by atoms with Crippen LogP contribution in [0.2, 0.25) is 0 Å². The number of phosphoric ester groups is 1. The number of pyridine rings is 1. The van der Waals surface area contributed by atoms with Crippen molar-refractivity contribution in [1.82, 2.24) is 4.98 Å². The monoisotopic (exact) mass is 260 g/mol. The number of aryl methyl sites for hydroxylation is 1. The molecule has 1 aromatic heterocycles. The summed E-state index contributed by atoms with van der Waals surface area (Å²) in [5.74, 6) is -0.0811. The summed E-state index contributed by atoms with van der Waals surface area (Å²) in [7, 11) is -3.03. The minimum absolute atomic E-state index is 0.0811. The zero-order chi connectivity index (χ0) is 13.1. The van der Waals surface area contributed by atoms with Crippen LogP contribution in [-0.4, -0.2) is 33.1 Å². The average molecular weight is 260 g/mol. The molecule has 8 heteroatoms. The Bertz CT molecular complexity index is 483. The molecule has 3 N–H and O–H groups in total. The first kappa shape index (κ1) is 13.8. The minimum atomic E-state index is -4.55. The average Bonchev–Trinajstić information content (AvgIpc) is 2.23. The Kier molecular flexibility index (Phi) is 4.36. The molecule has 0 saturated carbocycles. The zero-order valence-electron chi connectivity index (χ0n) is 9.36. The second-order valence-electron chi connectivity index (χ2n) is 3.28. The summed E-state index contributed by atoms with van der Waals surface area (Å²) >= 11 is 0. The van der Waals surface area contributed by atoms with Crippen molar-refractivity contribution in [2.45, 2.75) is 13.5 Å². The van der Waals surface area contributed by atoms with E-state index < -0.39 is 7.82 Å². The van der Waals surface area contributed by atoms with E-state index in [9.17, 15) is 9.67 Å². The van der Waals surface area contributed by atoms with Crippen molar-refractivity contribution in [3.05, 3.63) is 23.0 Å². The fraction of sp³-hybridized carbons (Fsp3) is 0.333. The molecule has 0 aliphatic heterocycles. The molecule has 94 valence electrons. The third-order valence-corrected chi connectivity index (χ3v) is 2.47. The first-order valence-corrected chi connectivity index (χ1v) is 6.18. The van der Waals surface area contributed by atoms with E-state index in [2.05, 4.69) is 14.5 Å². The van der Waals surface area contributed by atoms with Gasteiger partial charge in [-0.25, -0.2) is 4.57 Å². The third-order valence-electron chi connectivity index (χ3n) is 2.00. The van der Waals surface area contributed by atoms with Crippen molar-refractivity contribution in [3.63, 3.8) is 0 Å². The first-order chi connectivity index (χ1) is 7.85. The van der Waals surface area contributed by atoms with Crippen molar-refractivity contribution in [2.75, 3.05) is 7.05 Å². The molecule has 0 radical (unpaired) electrons. The van der Waals surface area contributed by atoms with Gasteiger partial charge in [-0.3, -0.25) is 14.5 Å². The van der Waals surface area contributed by atoms with Crippen molar-refractivity contribution in [3.8, 4) is 5.75 Å². The van der Waals surface area contributed by atoms with Gasteiger partial charge < -0.3 is 14.9 Å². The number of hydrogen-bond donors (Lipinski definition) is 3. The van der Waals surface area contributed by atoms with Crippen LogP contribution in [0.1, 0.15) is 16.8 Å². The highest BCUT2D eigenvalue weighted by molar-refractivity contribution is 7.46. The van der Waals surface area contributed by atoms with Crippen molar-refractivity contribution in [1.29, 1.82) is 0 Å². The second kappa shape index (κ2) is 5.37. The Labute approximate surface area is 98.1 Å². The van der Waals surface area contributed by atoms with Crippen LogP contribution >= 0.6 is 7.82 Å². The number of aromatic hydroxyl groups is 1. The molecule has 0 atom stereocenters. The van der Waals surface area contributed by atoms with Crippen molar-refractivity contribution < 1.29 is 24.0 Å². The van der Waals surface area contributed by atoms with Gasteiger partial charge in [0.1, 0.15) is 5.75 Å². The molecule has 7 nitrogen and oxygen atoms in total. The van der Waals surface area contributed by atoms with Crippen LogP contribution in [0.5, 0.6) is 5.75 Å². The molecule has 0 bridgehead atoms. The van der Waals surface area contributed by atoms with Crippen LogP contribution in [0.3, 0.4) is 0 Å². The van der Waals surface area contributed by atoms with Gasteiger partial charge in [-0.15, -0.1) is 0 Å². The van der Waals surface area contributed by atoms with Crippen LogP contribution in [0, 0.1) is 6.92 Å². The normalized spacial score (nSPS) is 12.2. The van der Waals surface area contributed by atoms with E-state index in [1.807, 2.05) is 0 Å². The lowest BCUT2D eigenvalue weighted by Crippen LogP contribution is -2.00. The SMILES string of the molecule is CN=Cc1c(COP(=O)(O)O)cnc(C)c1O. The summed E-state index contributed by atoms with van der Waals surface area (Å²) in [6, 6.07) is 0. The van der Waals surface area contributed by atoms with E-state index in [0.29, 0.717) is 16.8 Å². The van der Waals surface area contributed by atoms with Crippen LogP contribution in [0.25, 0.3) is 0 Å². The number of hydrogen-bond acceptors (Lipinski definition) is 5. The molecule has 0 aliphatic carbocycles. The van der Waals surface area contributed by atoms with Gasteiger partial charge in [0.25, 0.3) is 0 Å². The maximum Gasteiger partial charge on any atom is 0.469 e. The summed E-state index contributed by atoms with van der Waals surface area (Å²) < 4.78 is 14.9. The highest BCUT2D eigenvalue weighted by Gasteiger charge is 2.17. The predicted molar refractivity (Wildman–Crippen MR) is 61.0 cm³/mol. The van der Waals surface area contributed by atoms with Crippen molar-refractivity contribution in [2.24, 2.45) is 4.99 Å². The lowest BCUT2D eigenvalue weighted by atomic mass is 10.1. The molecule has 0 aromatic carbocycles. The van der Waals surface area contributed by atoms with Gasteiger partial charge in [-0.05, 0) is 6.92 Å². The van der Waals surface area contributed by atoms with E-state index in [1.54, 1.807) is 6.92 Å². The molecule has 0 amide bonds. The molecule has 1 aromatic rings. The quantitative estimate of drug-likeness (QED) is 0.544. The van der Waals surface area contributed by atoms with Gasteiger partial charge in [0.05, 0.1) is 12.3 Å². The molecule has 0 saturated heterocycles. The van der Waals surface area contributed by atoms with Crippen molar-refractivity contribution >= 4 is 14.0 Å². The Morgan fingerprint density at radius 2 is 2.24 bits per heavy atom. The molecule has 1 rings (SSSR count). The number of aromatic nitrogens is 1. The summed E-state index contributed by atoms with van der Waals surface area (Å²) in [5, 5.41) is 9.74. The second-order valence-corrected chi connectivity index (χ2v) is 4.52. The van der Waals surface area contributed by atoms with Gasteiger partial charge in [0.15, 0.2) is 0 Å². The van der Waals surface area contributed by atoms with Crippen LogP contribution in [0.4, 0.5) is 0 Å². The molecule has 0 spiro atoms. The predicted octanol–water partition coefficient (Wildman–Crippen LogP) is 0.754. The molecule has 17 heavy (non-hydrogen) atoms. The van der Waals surface area contributed by atoms with E-state index in [0.717, 1.165) is 0 Å². The van der Waals surface area contributed by atoms with Gasteiger partial charge in [0.2, 0.25) is 0 Å². The first-order valence-electron chi connectivity index (χ1n) is 4.65. The lowest BCUT2D eigenvalue weighted by Gasteiger charge is -2.10. The summed E-state index contributed by atoms with van der Waals surface area (Å²) in [6.45, 7) is 1.25. The Morgan fingerprint density at radius 3 is 2.76 bits per heavy atom. The Balaban J connectivity index is 3.07. The highest BCUT2D eigenvalue weighted by Crippen LogP contribution is 2.37. The molecule has 1 heterocycles. The topological polar surface area (TPSA) is 112 Å². The highest BCUT2D eigenvalue weighted by atomic mass is 31.2. The molecular formula is C9H13N2O5P. The summed E-state index contributed by atoms with van der Waals surface area (Å²) in [5.41, 5.74) is 1.09. The maximum atomic E-state index is 10.6. The van der Waals surface area contributed by atoms with E-state index in [-0.39, 0.29) is 12.4 Å².